The van der Waals surface area contributed by atoms with E-state index in [0.717, 1.165) is 18.5 Å². The van der Waals surface area contributed by atoms with Gasteiger partial charge in [0.1, 0.15) is 34.1 Å². The molecule has 0 unspecified atom stereocenters. The van der Waals surface area contributed by atoms with E-state index in [1.54, 1.807) is 45.9 Å². The number of piperidine rings is 1. The van der Waals surface area contributed by atoms with Gasteiger partial charge in [-0.2, -0.15) is 0 Å². The van der Waals surface area contributed by atoms with Gasteiger partial charge in [0.15, 0.2) is 21.5 Å². The molecule has 7 rings (SSSR count). The topological polar surface area (TPSA) is 139 Å². The average Bonchev–Trinajstić information content (AvgIpc) is 3.53. The molecule has 276 valence electrons. The molecule has 3 aromatic carbocycles. The number of sulfone groups is 1. The van der Waals surface area contributed by atoms with Gasteiger partial charge >= 0.3 is 0 Å². The predicted molar refractivity (Wildman–Crippen MR) is 194 cm³/mol. The van der Waals surface area contributed by atoms with Crippen LogP contribution in [-0.2, 0) is 19.9 Å². The van der Waals surface area contributed by atoms with Gasteiger partial charge in [0.25, 0.3) is 16.4 Å². The van der Waals surface area contributed by atoms with Crippen molar-refractivity contribution in [1.29, 1.82) is 0 Å². The van der Waals surface area contributed by atoms with Crippen LogP contribution in [0.1, 0.15) is 12.8 Å². The number of sulfonamides is 1. The molecule has 6 aromatic rings. The van der Waals surface area contributed by atoms with Gasteiger partial charge in [-0.3, -0.25) is 14.2 Å². The highest BCUT2D eigenvalue weighted by Gasteiger charge is 2.34. The molecule has 0 spiro atoms. The van der Waals surface area contributed by atoms with Crippen molar-refractivity contribution in [2.45, 2.75) is 34.3 Å². The van der Waals surface area contributed by atoms with Crippen LogP contribution in [0.15, 0.2) is 89.0 Å². The minimum atomic E-state index is -4.47. The summed E-state index contributed by atoms with van der Waals surface area (Å²) in [7, 11) is -8.39. The van der Waals surface area contributed by atoms with E-state index >= 15 is 8.78 Å². The number of hydrogen-bond donors (Lipinski definition) is 2. The Morgan fingerprint density at radius 3 is 2.40 bits per heavy atom. The molecule has 0 aliphatic carbocycles. The first-order valence-corrected chi connectivity index (χ1v) is 19.7. The number of likely N-dealkylation sites (tertiary alicyclic amines) is 1. The summed E-state index contributed by atoms with van der Waals surface area (Å²) in [4.78, 5) is 14.2. The summed E-state index contributed by atoms with van der Waals surface area (Å²) in [6.07, 6.45) is 0.454. The summed E-state index contributed by atoms with van der Waals surface area (Å²) in [5, 5.41) is 1.88. The highest BCUT2D eigenvalue weighted by atomic mass is 35.5. The number of nitrogens with one attached hydrogen (secondary N) is 2. The molecular formula is C34H27Cl2F4N7O4S2. The highest BCUT2D eigenvalue weighted by molar-refractivity contribution is 7.93. The van der Waals surface area contributed by atoms with E-state index in [1.165, 1.54) is 24.4 Å². The molecule has 53 heavy (non-hydrogen) atoms. The molecule has 1 aliphatic rings. The molecule has 0 radical (unpaired) electrons. The molecule has 3 aromatic heterocycles. The second-order valence-electron chi connectivity index (χ2n) is 12.1. The zero-order valence-electron chi connectivity index (χ0n) is 27.1. The molecule has 19 heteroatoms. The predicted octanol–water partition coefficient (Wildman–Crippen LogP) is 7.60. The second-order valence-corrected chi connectivity index (χ2v) is 16.8. The van der Waals surface area contributed by atoms with Crippen LogP contribution in [0.5, 0.6) is 0 Å². The second kappa shape index (κ2) is 14.4. The van der Waals surface area contributed by atoms with Gasteiger partial charge in [-0.05, 0) is 68.4 Å². The lowest BCUT2D eigenvalue weighted by atomic mass is 10.1. The van der Waals surface area contributed by atoms with Crippen LogP contribution >= 0.6 is 23.2 Å². The van der Waals surface area contributed by atoms with Crippen molar-refractivity contribution in [1.82, 2.24) is 24.4 Å². The summed E-state index contributed by atoms with van der Waals surface area (Å²) in [6, 6.07) is 15.6. The van der Waals surface area contributed by atoms with E-state index in [2.05, 4.69) is 25.0 Å². The van der Waals surface area contributed by atoms with E-state index in [-0.39, 0.29) is 63.5 Å². The summed E-state index contributed by atoms with van der Waals surface area (Å²) in [5.74, 6) is -2.31. The third-order valence-electron chi connectivity index (χ3n) is 8.85. The normalized spacial score (nSPS) is 14.7. The zero-order valence-corrected chi connectivity index (χ0v) is 30.3. The number of nitrogens with zero attached hydrogens (tertiary/aromatic N) is 5. The van der Waals surface area contributed by atoms with Gasteiger partial charge in [0.05, 0.1) is 43.5 Å². The quantitative estimate of drug-likeness (QED) is 0.134. The van der Waals surface area contributed by atoms with Crippen LogP contribution in [0.2, 0.25) is 10.0 Å². The standard InChI is InChI=1S/C34H27Cl2F4N7O4S2/c35-21-5-3-7-26(30(21)36)53(50,51)45-23-9-8-22(37)32(31(23)40)44-34-33-24(41-18-42-34)10-11-29(43-33)47-16-27(20-4-1-2-6-25(20)47)52(48,49)19-12-14-46(15-13-19)17-28(38)39/h1-11,16,18-19,28,45H,12-15,17H2,(H,41,42,44). The lowest BCUT2D eigenvalue weighted by molar-refractivity contribution is 0.0793. The van der Waals surface area contributed by atoms with Gasteiger partial charge in [-0.25, -0.2) is 49.3 Å². The Kier molecular flexibility index (Phi) is 9.97. The van der Waals surface area contributed by atoms with Gasteiger partial charge in [-0.1, -0.05) is 47.5 Å². The fourth-order valence-electron chi connectivity index (χ4n) is 6.25. The number of benzene rings is 3. The molecule has 0 atom stereocenters. The summed E-state index contributed by atoms with van der Waals surface area (Å²) < 4.78 is 115. The third-order valence-corrected chi connectivity index (χ3v) is 13.5. The number of halogens is 6. The van der Waals surface area contributed by atoms with Crippen molar-refractivity contribution < 1.29 is 34.4 Å². The maximum atomic E-state index is 15.9. The number of aromatic nitrogens is 4. The van der Waals surface area contributed by atoms with Crippen molar-refractivity contribution in [3.05, 3.63) is 101 Å². The molecule has 4 heterocycles. The Bertz CT molecular complexity index is 2610. The largest absolute Gasteiger partial charge is 0.333 e. The Hall–Kier alpha value is -4.55. The first-order valence-electron chi connectivity index (χ1n) is 15.9. The fourth-order valence-corrected chi connectivity index (χ4v) is 10.00. The number of rotatable bonds is 10. The van der Waals surface area contributed by atoms with E-state index in [9.17, 15) is 25.6 Å². The van der Waals surface area contributed by atoms with Crippen LogP contribution in [-0.4, -0.2) is 72.6 Å². The molecule has 1 saturated heterocycles. The molecule has 2 N–H and O–H groups in total. The molecule has 0 bridgehead atoms. The van der Waals surface area contributed by atoms with E-state index in [1.807, 2.05) is 0 Å². The number of fused-ring (bicyclic) bond motifs is 2. The van der Waals surface area contributed by atoms with Crippen molar-refractivity contribution in [2.75, 3.05) is 29.7 Å². The maximum Gasteiger partial charge on any atom is 0.263 e. The number of pyridine rings is 1. The Morgan fingerprint density at radius 1 is 0.887 bits per heavy atom. The van der Waals surface area contributed by atoms with E-state index < -0.39 is 66.0 Å². The lowest BCUT2D eigenvalue weighted by Crippen LogP contribution is -2.41. The monoisotopic (exact) mass is 807 g/mol. The first kappa shape index (κ1) is 36.8. The van der Waals surface area contributed by atoms with Crippen molar-refractivity contribution in [3.8, 4) is 5.82 Å². The van der Waals surface area contributed by atoms with Crippen LogP contribution in [0.3, 0.4) is 0 Å². The third kappa shape index (κ3) is 7.11. The van der Waals surface area contributed by atoms with Crippen molar-refractivity contribution in [3.63, 3.8) is 0 Å². The molecule has 0 saturated carbocycles. The first-order chi connectivity index (χ1) is 25.2. The SMILES string of the molecule is O=S(=O)(Nc1ccc(F)c(Nc2ncnc3ccc(-n4cc(S(=O)(=O)C5CCN(CC(F)F)CC5)c5ccccc54)nc23)c1F)c1cccc(Cl)c1Cl. The van der Waals surface area contributed by atoms with Gasteiger partial charge in [-0.15, -0.1) is 0 Å². The molecule has 1 fully saturated rings. The zero-order chi connectivity index (χ0) is 37.7. The number of alkyl halides is 2. The Morgan fingerprint density at radius 2 is 1.64 bits per heavy atom. The minimum Gasteiger partial charge on any atom is -0.333 e. The maximum absolute atomic E-state index is 15.9. The summed E-state index contributed by atoms with van der Waals surface area (Å²) in [6.45, 7) is 0.0330. The molecule has 11 nitrogen and oxygen atoms in total. The fraction of sp³-hybridized carbons (Fsp3) is 0.206. The minimum absolute atomic E-state index is 0.0463. The van der Waals surface area contributed by atoms with Crippen molar-refractivity contribution >= 4 is 82.2 Å². The van der Waals surface area contributed by atoms with Gasteiger partial charge in [0, 0.05) is 11.6 Å². The molecule has 1 aliphatic heterocycles. The Balaban J connectivity index is 1.24. The number of para-hydroxylation sites is 1. The van der Waals surface area contributed by atoms with E-state index in [0.29, 0.717) is 10.9 Å². The van der Waals surface area contributed by atoms with Crippen LogP contribution < -0.4 is 10.0 Å². The van der Waals surface area contributed by atoms with Crippen LogP contribution in [0, 0.1) is 11.6 Å². The average molecular weight is 809 g/mol. The lowest BCUT2D eigenvalue weighted by Gasteiger charge is -2.31. The van der Waals surface area contributed by atoms with Gasteiger partial charge < -0.3 is 5.32 Å². The smallest absolute Gasteiger partial charge is 0.263 e. The summed E-state index contributed by atoms with van der Waals surface area (Å²) >= 11 is 12.0. The highest BCUT2D eigenvalue weighted by Crippen LogP contribution is 2.36. The molecular weight excluding hydrogens is 781 g/mol. The Labute approximate surface area is 310 Å². The number of hydrogen-bond acceptors (Lipinski definition) is 9. The summed E-state index contributed by atoms with van der Waals surface area (Å²) in [5.41, 5.74) is -0.553. The van der Waals surface area contributed by atoms with E-state index in [4.69, 9.17) is 23.2 Å². The van der Waals surface area contributed by atoms with Crippen LogP contribution in [0.4, 0.5) is 34.8 Å². The molecule has 0 amide bonds. The van der Waals surface area contributed by atoms with Crippen molar-refractivity contribution in [2.24, 2.45) is 0 Å². The van der Waals surface area contributed by atoms with Crippen LogP contribution in [0.25, 0.3) is 27.8 Å². The van der Waals surface area contributed by atoms with Gasteiger partial charge in [0.2, 0.25) is 0 Å². The number of anilines is 3.